The summed E-state index contributed by atoms with van der Waals surface area (Å²) in [7, 11) is -3.05. The van der Waals surface area contributed by atoms with Gasteiger partial charge in [0.15, 0.2) is 0 Å². The van der Waals surface area contributed by atoms with E-state index in [4.69, 9.17) is 14.8 Å². The van der Waals surface area contributed by atoms with Crippen molar-refractivity contribution in [2.24, 2.45) is 0 Å². The molecule has 0 saturated carbocycles. The van der Waals surface area contributed by atoms with E-state index in [1.165, 1.54) is 0 Å². The van der Waals surface area contributed by atoms with Crippen LogP contribution in [0, 0.1) is 0 Å². The Morgan fingerprint density at radius 2 is 1.84 bits per heavy atom. The van der Waals surface area contributed by atoms with Crippen LogP contribution < -0.4 is 16.1 Å². The van der Waals surface area contributed by atoms with E-state index in [0.717, 1.165) is 16.0 Å². The molecule has 1 aromatic heterocycles. The second kappa shape index (κ2) is 9.04. The van der Waals surface area contributed by atoms with Crippen LogP contribution in [0.3, 0.4) is 0 Å². The highest BCUT2D eigenvalue weighted by Gasteiger charge is 2.41. The number of hydrogen-bond acceptors (Lipinski definition) is 7. The van der Waals surface area contributed by atoms with E-state index < -0.39 is 8.09 Å². The second-order valence-electron chi connectivity index (χ2n) is 7.41. The number of hydrogen-bond donors (Lipinski definition) is 4. The van der Waals surface area contributed by atoms with E-state index in [1.54, 1.807) is 29.5 Å². The molecular formula is C22H25N3O4PS. The summed E-state index contributed by atoms with van der Waals surface area (Å²) in [6.45, 7) is 4.09. The van der Waals surface area contributed by atoms with Gasteiger partial charge in [0.25, 0.3) is 5.91 Å². The largest absolute Gasteiger partial charge is 0.397 e. The van der Waals surface area contributed by atoms with Gasteiger partial charge in [-0.1, -0.05) is 24.3 Å². The summed E-state index contributed by atoms with van der Waals surface area (Å²) in [4.78, 5) is 24.2. The van der Waals surface area contributed by atoms with Crippen molar-refractivity contribution in [3.63, 3.8) is 0 Å². The Hall–Kier alpha value is -2.32. The van der Waals surface area contributed by atoms with Crippen LogP contribution in [0.15, 0.2) is 60.0 Å². The Morgan fingerprint density at radius 3 is 2.48 bits per heavy atom. The second-order valence-corrected chi connectivity index (χ2v) is 10.1. The van der Waals surface area contributed by atoms with E-state index >= 15 is 0 Å². The number of benzene rings is 2. The van der Waals surface area contributed by atoms with Gasteiger partial charge in [-0.05, 0) is 60.7 Å². The monoisotopic (exact) mass is 458 g/mol. The van der Waals surface area contributed by atoms with Crippen LogP contribution in [-0.4, -0.2) is 23.0 Å². The topological polar surface area (TPSA) is 106 Å². The summed E-state index contributed by atoms with van der Waals surface area (Å²) >= 11 is 1.63. The quantitative estimate of drug-likeness (QED) is 0.311. The number of carbonyl (C=O) groups excluding carboxylic acids is 1. The first-order valence-corrected chi connectivity index (χ1v) is 12.4. The standard InChI is InChI=1S/C22H25N3O4PS/c1-14-15(2)29-30(27,28-14)24-13-16-5-7-17(8-6-16)22(26)25-20-12-18(9-10-19(20)23)21-4-3-11-31-21/h3-12,14-15,24,27H,13,23H2,1-2H3,(H,25,26)/t14-,15-/m1/s1. The summed E-state index contributed by atoms with van der Waals surface area (Å²) in [6, 6.07) is 16.7. The third kappa shape index (κ3) is 5.13. The molecule has 3 aromatic rings. The van der Waals surface area contributed by atoms with Crippen LogP contribution in [0.2, 0.25) is 0 Å². The predicted molar refractivity (Wildman–Crippen MR) is 126 cm³/mol. The van der Waals surface area contributed by atoms with Gasteiger partial charge in [0.2, 0.25) is 0 Å². The summed E-state index contributed by atoms with van der Waals surface area (Å²) < 4.78 is 11.0. The molecule has 2 heterocycles. The fourth-order valence-electron chi connectivity index (χ4n) is 3.14. The van der Waals surface area contributed by atoms with Crippen molar-refractivity contribution in [3.8, 4) is 10.4 Å². The number of carbonyl (C=O) groups is 1. The van der Waals surface area contributed by atoms with E-state index in [2.05, 4.69) is 10.4 Å². The molecule has 9 heteroatoms. The SMILES string of the molecule is C[C@H]1O[P](O)(NCc2ccc(C(=O)Nc3cc(-c4cccs4)ccc3N)cc2)O[C@@H]1C. The van der Waals surface area contributed by atoms with Crippen molar-refractivity contribution >= 4 is 36.7 Å². The average Bonchev–Trinajstić information content (AvgIpc) is 3.37. The number of nitrogen functional groups attached to an aromatic ring is 1. The number of nitrogens with one attached hydrogen (secondary N) is 2. The minimum absolute atomic E-state index is 0.164. The van der Waals surface area contributed by atoms with Gasteiger partial charge in [-0.3, -0.25) is 4.79 Å². The lowest BCUT2D eigenvalue weighted by molar-refractivity contribution is 0.102. The van der Waals surface area contributed by atoms with Gasteiger partial charge in [-0.2, -0.15) is 0 Å². The van der Waals surface area contributed by atoms with Crippen LogP contribution >= 0.6 is 19.4 Å². The van der Waals surface area contributed by atoms with Gasteiger partial charge < -0.3 is 25.0 Å². The van der Waals surface area contributed by atoms with Crippen LogP contribution in [0.5, 0.6) is 0 Å². The maximum Gasteiger partial charge on any atom is 0.309 e. The van der Waals surface area contributed by atoms with Gasteiger partial charge in [-0.15, -0.1) is 11.3 Å². The number of rotatable bonds is 6. The molecule has 1 aliphatic heterocycles. The zero-order valence-corrected chi connectivity index (χ0v) is 19.0. The molecule has 1 saturated heterocycles. The molecule has 0 bridgehead atoms. The summed E-state index contributed by atoms with van der Waals surface area (Å²) in [5, 5.41) is 7.86. The molecule has 1 aliphatic rings. The minimum atomic E-state index is -3.05. The lowest BCUT2D eigenvalue weighted by Crippen LogP contribution is -2.16. The van der Waals surface area contributed by atoms with Crippen LogP contribution in [-0.2, 0) is 15.6 Å². The molecule has 31 heavy (non-hydrogen) atoms. The molecule has 0 unspecified atom stereocenters. The number of nitrogens with two attached hydrogens (primary N) is 1. The van der Waals surface area contributed by atoms with Gasteiger partial charge in [0.1, 0.15) is 0 Å². The molecule has 2 atom stereocenters. The lowest BCUT2D eigenvalue weighted by Gasteiger charge is -2.23. The Bertz CT molecular complexity index is 1050. The van der Waals surface area contributed by atoms with Crippen LogP contribution in [0.4, 0.5) is 11.4 Å². The molecule has 7 nitrogen and oxygen atoms in total. The highest BCUT2D eigenvalue weighted by molar-refractivity contribution is 7.58. The highest BCUT2D eigenvalue weighted by Crippen LogP contribution is 2.60. The zero-order chi connectivity index (χ0) is 22.0. The first-order valence-electron chi connectivity index (χ1n) is 9.90. The smallest absolute Gasteiger partial charge is 0.309 e. The Morgan fingerprint density at radius 1 is 1.13 bits per heavy atom. The fourth-order valence-corrected chi connectivity index (χ4v) is 5.69. The predicted octanol–water partition coefficient (Wildman–Crippen LogP) is 4.83. The maximum atomic E-state index is 12.7. The molecule has 163 valence electrons. The fraction of sp³-hybridized carbons (Fsp3) is 0.227. The minimum Gasteiger partial charge on any atom is -0.397 e. The molecule has 5 N–H and O–H groups in total. The molecular weight excluding hydrogens is 433 g/mol. The first-order chi connectivity index (χ1) is 14.8. The lowest BCUT2D eigenvalue weighted by atomic mass is 10.1. The Kier molecular flexibility index (Phi) is 6.39. The normalized spacial score (nSPS) is 20.0. The summed E-state index contributed by atoms with van der Waals surface area (Å²) in [6.07, 6.45) is -0.328. The summed E-state index contributed by atoms with van der Waals surface area (Å²) in [5.74, 6) is -0.245. The van der Waals surface area contributed by atoms with E-state index in [1.807, 2.05) is 55.6 Å². The molecule has 0 aliphatic carbocycles. The van der Waals surface area contributed by atoms with Crippen molar-refractivity contribution in [2.45, 2.75) is 32.6 Å². The molecule has 1 fully saturated rings. The number of anilines is 2. The van der Waals surface area contributed by atoms with E-state index in [9.17, 15) is 9.69 Å². The highest BCUT2D eigenvalue weighted by atomic mass is 32.1. The molecule has 1 radical (unpaired) electrons. The van der Waals surface area contributed by atoms with Crippen LogP contribution in [0.25, 0.3) is 10.4 Å². The van der Waals surface area contributed by atoms with E-state index in [-0.39, 0.29) is 18.1 Å². The van der Waals surface area contributed by atoms with Gasteiger partial charge >= 0.3 is 8.09 Å². The summed E-state index contributed by atoms with van der Waals surface area (Å²) in [5.41, 5.74) is 9.55. The number of thiophene rings is 1. The van der Waals surface area contributed by atoms with Gasteiger partial charge in [0.05, 0.1) is 23.6 Å². The first kappa shape index (κ1) is 21.9. The maximum absolute atomic E-state index is 12.7. The van der Waals surface area contributed by atoms with Crippen molar-refractivity contribution in [2.75, 3.05) is 11.1 Å². The van der Waals surface area contributed by atoms with Crippen molar-refractivity contribution in [1.82, 2.24) is 5.09 Å². The molecule has 4 rings (SSSR count). The van der Waals surface area contributed by atoms with Crippen LogP contribution in [0.1, 0.15) is 29.8 Å². The Balaban J connectivity index is 1.39. The third-order valence-corrected chi connectivity index (χ3v) is 7.80. The van der Waals surface area contributed by atoms with Crippen molar-refractivity contribution in [1.29, 1.82) is 0 Å². The third-order valence-electron chi connectivity index (χ3n) is 5.09. The zero-order valence-electron chi connectivity index (χ0n) is 17.2. The van der Waals surface area contributed by atoms with Crippen molar-refractivity contribution in [3.05, 3.63) is 71.1 Å². The molecule has 2 aromatic carbocycles. The average molecular weight is 459 g/mol. The molecule has 1 amide bonds. The van der Waals surface area contributed by atoms with E-state index in [0.29, 0.717) is 23.5 Å². The van der Waals surface area contributed by atoms with Crippen molar-refractivity contribution < 1.29 is 18.7 Å². The van der Waals surface area contributed by atoms with Gasteiger partial charge in [0, 0.05) is 17.0 Å². The number of amides is 1. The molecule has 0 spiro atoms. The van der Waals surface area contributed by atoms with Gasteiger partial charge in [-0.25, -0.2) is 5.09 Å². The Labute approximate surface area is 185 Å².